The van der Waals surface area contributed by atoms with Crippen molar-refractivity contribution in [3.05, 3.63) is 28.1 Å². The fraction of sp³-hybridized carbons (Fsp3) is 0.300. The number of anilines is 1. The number of esters is 1. The summed E-state index contributed by atoms with van der Waals surface area (Å²) in [5.74, 6) is -0.401. The number of carbonyl (C=O) groups excluding carboxylic acids is 1. The first kappa shape index (κ1) is 11.6. The number of aromatic nitrogens is 2. The van der Waals surface area contributed by atoms with Crippen LogP contribution in [0.15, 0.2) is 22.6 Å². The van der Waals surface area contributed by atoms with Gasteiger partial charge in [0.25, 0.3) is 5.56 Å². The first-order valence-electron chi connectivity index (χ1n) is 5.06. The Hall–Kier alpha value is -1.89. The van der Waals surface area contributed by atoms with E-state index in [-0.39, 0.29) is 17.8 Å². The highest BCUT2D eigenvalue weighted by atomic mass is 32.1. The van der Waals surface area contributed by atoms with Gasteiger partial charge in [-0.1, -0.05) is 0 Å². The van der Waals surface area contributed by atoms with Crippen LogP contribution in [-0.2, 0) is 9.53 Å². The van der Waals surface area contributed by atoms with E-state index in [1.54, 1.807) is 18.5 Å². The molecule has 0 aromatic carbocycles. The Morgan fingerprint density at radius 1 is 1.65 bits per heavy atom. The maximum absolute atomic E-state index is 11.9. The molecule has 0 saturated heterocycles. The summed E-state index contributed by atoms with van der Waals surface area (Å²) in [6, 6.07) is 0. The van der Waals surface area contributed by atoms with Gasteiger partial charge in [-0.2, -0.15) is 0 Å². The summed E-state index contributed by atoms with van der Waals surface area (Å²) < 4.78 is 6.18. The summed E-state index contributed by atoms with van der Waals surface area (Å²) in [4.78, 5) is 27.7. The minimum atomic E-state index is -0.401. The average Bonchev–Trinajstić information content (AvgIpc) is 2.77. The topological polar surface area (TPSA) is 72.7 Å². The van der Waals surface area contributed by atoms with Crippen LogP contribution >= 0.6 is 11.3 Å². The first-order valence-corrected chi connectivity index (χ1v) is 5.94. The molecule has 0 atom stereocenters. The SMILES string of the molecule is CCOC(=O)CNc1cnc2sccn2c1=O. The zero-order valence-corrected chi connectivity index (χ0v) is 9.99. The Morgan fingerprint density at radius 3 is 3.24 bits per heavy atom. The van der Waals surface area contributed by atoms with Crippen LogP contribution in [-0.4, -0.2) is 28.5 Å². The van der Waals surface area contributed by atoms with Gasteiger partial charge in [0.15, 0.2) is 4.96 Å². The third-order valence-electron chi connectivity index (χ3n) is 2.07. The van der Waals surface area contributed by atoms with Crippen molar-refractivity contribution in [3.8, 4) is 0 Å². The summed E-state index contributed by atoms with van der Waals surface area (Å²) >= 11 is 1.38. The molecule has 2 heterocycles. The van der Waals surface area contributed by atoms with Crippen molar-refractivity contribution >= 4 is 28.0 Å². The van der Waals surface area contributed by atoms with Crippen molar-refractivity contribution in [1.29, 1.82) is 0 Å². The van der Waals surface area contributed by atoms with Gasteiger partial charge in [-0.25, -0.2) is 4.98 Å². The molecule has 2 rings (SSSR count). The fourth-order valence-corrected chi connectivity index (χ4v) is 2.00. The molecule has 1 N–H and O–H groups in total. The molecular weight excluding hydrogens is 242 g/mol. The molecule has 17 heavy (non-hydrogen) atoms. The van der Waals surface area contributed by atoms with Crippen LogP contribution in [0.5, 0.6) is 0 Å². The summed E-state index contributed by atoms with van der Waals surface area (Å²) in [5.41, 5.74) is 0.0644. The number of rotatable bonds is 4. The van der Waals surface area contributed by atoms with Crippen LogP contribution in [0.3, 0.4) is 0 Å². The van der Waals surface area contributed by atoms with E-state index < -0.39 is 5.97 Å². The Kier molecular flexibility index (Phi) is 3.38. The highest BCUT2D eigenvalue weighted by molar-refractivity contribution is 7.15. The van der Waals surface area contributed by atoms with E-state index in [4.69, 9.17) is 4.74 Å². The number of hydrogen-bond donors (Lipinski definition) is 1. The van der Waals surface area contributed by atoms with Crippen molar-refractivity contribution in [2.45, 2.75) is 6.92 Å². The minimum Gasteiger partial charge on any atom is -0.465 e. The van der Waals surface area contributed by atoms with Crippen LogP contribution in [0.25, 0.3) is 4.96 Å². The van der Waals surface area contributed by atoms with Crippen molar-refractivity contribution in [2.75, 3.05) is 18.5 Å². The number of thiazole rings is 1. The van der Waals surface area contributed by atoms with Gasteiger partial charge in [0.2, 0.25) is 0 Å². The summed E-state index contributed by atoms with van der Waals surface area (Å²) in [7, 11) is 0. The summed E-state index contributed by atoms with van der Waals surface area (Å²) in [6.07, 6.45) is 3.07. The number of nitrogens with one attached hydrogen (secondary N) is 1. The molecule has 0 saturated carbocycles. The fourth-order valence-electron chi connectivity index (χ4n) is 1.33. The molecule has 0 amide bonds. The Labute approximate surface area is 101 Å². The van der Waals surface area contributed by atoms with E-state index in [2.05, 4.69) is 10.3 Å². The molecule has 2 aromatic rings. The van der Waals surface area contributed by atoms with Crippen LogP contribution in [0.4, 0.5) is 5.69 Å². The molecule has 0 spiro atoms. The summed E-state index contributed by atoms with van der Waals surface area (Å²) in [6.45, 7) is 2.01. The first-order chi connectivity index (χ1) is 8.22. The summed E-state index contributed by atoms with van der Waals surface area (Å²) in [5, 5.41) is 4.49. The molecule has 0 fully saturated rings. The Balaban J connectivity index is 2.16. The largest absolute Gasteiger partial charge is 0.465 e. The molecule has 0 bridgehead atoms. The lowest BCUT2D eigenvalue weighted by atomic mass is 10.5. The molecule has 7 heteroatoms. The van der Waals surface area contributed by atoms with Crippen molar-refractivity contribution in [2.24, 2.45) is 0 Å². The van der Waals surface area contributed by atoms with Gasteiger partial charge in [-0.05, 0) is 6.92 Å². The molecule has 2 aromatic heterocycles. The van der Waals surface area contributed by atoms with Gasteiger partial charge in [0.05, 0.1) is 12.8 Å². The maximum Gasteiger partial charge on any atom is 0.325 e. The molecule has 6 nitrogen and oxygen atoms in total. The van der Waals surface area contributed by atoms with Crippen LogP contribution in [0, 0.1) is 0 Å². The second-order valence-electron chi connectivity index (χ2n) is 3.19. The third kappa shape index (κ3) is 2.44. The lowest BCUT2D eigenvalue weighted by Gasteiger charge is -2.04. The van der Waals surface area contributed by atoms with E-state index in [1.165, 1.54) is 21.9 Å². The van der Waals surface area contributed by atoms with Crippen LogP contribution < -0.4 is 10.9 Å². The van der Waals surface area contributed by atoms with Gasteiger partial charge in [-0.3, -0.25) is 14.0 Å². The number of carbonyl (C=O) groups is 1. The molecule has 0 aliphatic heterocycles. The molecule has 0 aliphatic rings. The zero-order valence-electron chi connectivity index (χ0n) is 9.17. The normalized spacial score (nSPS) is 10.4. The number of fused-ring (bicyclic) bond motifs is 1. The van der Waals surface area contributed by atoms with E-state index in [1.807, 2.05) is 0 Å². The number of nitrogens with zero attached hydrogens (tertiary/aromatic N) is 2. The monoisotopic (exact) mass is 253 g/mol. The Bertz CT molecular complexity index is 590. The number of ether oxygens (including phenoxy) is 1. The quantitative estimate of drug-likeness (QED) is 0.813. The van der Waals surface area contributed by atoms with Gasteiger partial charge in [0, 0.05) is 11.6 Å². The highest BCUT2D eigenvalue weighted by Crippen LogP contribution is 2.07. The van der Waals surface area contributed by atoms with Crippen LogP contribution in [0.1, 0.15) is 6.92 Å². The number of hydrogen-bond acceptors (Lipinski definition) is 6. The van der Waals surface area contributed by atoms with Gasteiger partial charge in [0.1, 0.15) is 12.2 Å². The van der Waals surface area contributed by atoms with Crippen molar-refractivity contribution in [3.63, 3.8) is 0 Å². The van der Waals surface area contributed by atoms with E-state index in [0.717, 1.165) is 0 Å². The van der Waals surface area contributed by atoms with Gasteiger partial charge in [-0.15, -0.1) is 11.3 Å². The predicted molar refractivity (Wildman–Crippen MR) is 64.5 cm³/mol. The smallest absolute Gasteiger partial charge is 0.325 e. The van der Waals surface area contributed by atoms with E-state index in [9.17, 15) is 9.59 Å². The third-order valence-corrected chi connectivity index (χ3v) is 2.84. The van der Waals surface area contributed by atoms with Crippen LogP contribution in [0.2, 0.25) is 0 Å². The standard InChI is InChI=1S/C10H11N3O3S/c1-2-16-8(14)6-11-7-5-12-10-13(9(7)15)3-4-17-10/h3-5,11H,2,6H2,1H3. The zero-order chi connectivity index (χ0) is 12.3. The molecule has 0 aliphatic carbocycles. The molecule has 0 unspecified atom stereocenters. The molecular formula is C10H11N3O3S. The average molecular weight is 253 g/mol. The van der Waals surface area contributed by atoms with Crippen molar-refractivity contribution in [1.82, 2.24) is 9.38 Å². The van der Waals surface area contributed by atoms with Gasteiger partial charge >= 0.3 is 5.97 Å². The second kappa shape index (κ2) is 4.96. The van der Waals surface area contributed by atoms with Gasteiger partial charge < -0.3 is 10.1 Å². The minimum absolute atomic E-state index is 0.0407. The molecule has 0 radical (unpaired) electrons. The van der Waals surface area contributed by atoms with E-state index in [0.29, 0.717) is 11.6 Å². The molecule has 90 valence electrons. The second-order valence-corrected chi connectivity index (χ2v) is 4.06. The Morgan fingerprint density at radius 2 is 2.47 bits per heavy atom. The highest BCUT2D eigenvalue weighted by Gasteiger charge is 2.07. The lowest BCUT2D eigenvalue weighted by molar-refractivity contribution is -0.140. The predicted octanol–water partition coefficient (Wildman–Crippen LogP) is 0.731. The van der Waals surface area contributed by atoms with E-state index >= 15 is 0 Å². The maximum atomic E-state index is 11.9. The lowest BCUT2D eigenvalue weighted by Crippen LogP contribution is -2.23. The van der Waals surface area contributed by atoms with Crippen molar-refractivity contribution < 1.29 is 9.53 Å².